The standard InChI is InChI=1S/C9H13BN2O9/c13-2-4-3(14)1-9(21-4,10(19)20)12-7(17)5(15)6(16)11-8(12)18/h3-4,13-15,17,19-20H,1-2H2,(H,11,16,18)/t3-,4+,9-/m0/s1. The minimum Gasteiger partial charge on any atom is -0.499 e. The lowest BCUT2D eigenvalue weighted by molar-refractivity contribution is -0.0894. The van der Waals surface area contributed by atoms with Crippen molar-refractivity contribution in [2.45, 2.75) is 24.3 Å². The van der Waals surface area contributed by atoms with Gasteiger partial charge in [-0.1, -0.05) is 0 Å². The number of nitrogens with zero attached hydrogens (tertiary/aromatic N) is 1. The van der Waals surface area contributed by atoms with Crippen LogP contribution in [0.5, 0.6) is 11.6 Å². The number of aliphatic hydroxyl groups excluding tert-OH is 2. The highest BCUT2D eigenvalue weighted by atomic mass is 16.6. The molecule has 7 N–H and O–H groups in total. The summed E-state index contributed by atoms with van der Waals surface area (Å²) >= 11 is 0. The summed E-state index contributed by atoms with van der Waals surface area (Å²) in [5, 5.41) is 56.8. The van der Waals surface area contributed by atoms with Crippen molar-refractivity contribution in [3.05, 3.63) is 20.8 Å². The van der Waals surface area contributed by atoms with Crippen LogP contribution in [-0.4, -0.2) is 66.0 Å². The maximum absolute atomic E-state index is 11.8. The van der Waals surface area contributed by atoms with E-state index in [1.54, 1.807) is 4.98 Å². The van der Waals surface area contributed by atoms with E-state index in [1.807, 2.05) is 0 Å². The predicted molar refractivity (Wildman–Crippen MR) is 65.4 cm³/mol. The molecule has 0 radical (unpaired) electrons. The van der Waals surface area contributed by atoms with Gasteiger partial charge < -0.3 is 35.2 Å². The zero-order valence-electron chi connectivity index (χ0n) is 10.5. The van der Waals surface area contributed by atoms with Crippen molar-refractivity contribution in [1.29, 1.82) is 0 Å². The van der Waals surface area contributed by atoms with Gasteiger partial charge in [-0.15, -0.1) is 0 Å². The van der Waals surface area contributed by atoms with Gasteiger partial charge in [-0.25, -0.2) is 9.36 Å². The Morgan fingerprint density at radius 2 is 2.00 bits per heavy atom. The van der Waals surface area contributed by atoms with Gasteiger partial charge in [-0.3, -0.25) is 9.78 Å². The van der Waals surface area contributed by atoms with Crippen LogP contribution in [0.2, 0.25) is 0 Å². The molecule has 0 saturated carbocycles. The zero-order chi connectivity index (χ0) is 15.9. The lowest BCUT2D eigenvalue weighted by atomic mass is 9.72. The molecule has 1 aliphatic rings. The number of H-pyrrole nitrogens is 1. The van der Waals surface area contributed by atoms with Crippen LogP contribution in [-0.2, 0) is 10.4 Å². The largest absolute Gasteiger partial charge is 0.508 e. The fraction of sp³-hybridized carbons (Fsp3) is 0.556. The molecule has 11 nitrogen and oxygen atoms in total. The van der Waals surface area contributed by atoms with E-state index in [2.05, 4.69) is 0 Å². The summed E-state index contributed by atoms with van der Waals surface area (Å²) in [5.41, 5.74) is -4.96. The van der Waals surface area contributed by atoms with Gasteiger partial charge in [0.1, 0.15) is 6.10 Å². The quantitative estimate of drug-likeness (QED) is 0.271. The predicted octanol–water partition coefficient (Wildman–Crippen LogP) is -4.25. The van der Waals surface area contributed by atoms with Crippen molar-refractivity contribution in [2.24, 2.45) is 0 Å². The van der Waals surface area contributed by atoms with Crippen LogP contribution in [0.25, 0.3) is 0 Å². The number of ether oxygens (including phenoxy) is 1. The maximum Gasteiger partial charge on any atom is 0.508 e. The van der Waals surface area contributed by atoms with Crippen LogP contribution >= 0.6 is 0 Å². The van der Waals surface area contributed by atoms with E-state index in [0.29, 0.717) is 0 Å². The third-order valence-electron chi connectivity index (χ3n) is 3.31. The number of hydrogen-bond donors (Lipinski definition) is 7. The van der Waals surface area contributed by atoms with Gasteiger partial charge in [0.2, 0.25) is 11.6 Å². The highest BCUT2D eigenvalue weighted by Crippen LogP contribution is 2.38. The number of hydrogen-bond acceptors (Lipinski definition) is 9. The van der Waals surface area contributed by atoms with E-state index >= 15 is 0 Å². The van der Waals surface area contributed by atoms with Crippen molar-refractivity contribution < 1.29 is 35.2 Å². The van der Waals surface area contributed by atoms with Crippen molar-refractivity contribution >= 4 is 7.12 Å². The molecule has 1 saturated heterocycles. The first-order valence-corrected chi connectivity index (χ1v) is 5.85. The fourth-order valence-electron chi connectivity index (χ4n) is 2.27. The third kappa shape index (κ3) is 2.22. The summed E-state index contributed by atoms with van der Waals surface area (Å²) in [4.78, 5) is 24.6. The second-order valence-electron chi connectivity index (χ2n) is 4.60. The number of aromatic nitrogens is 2. The average Bonchev–Trinajstić information content (AvgIpc) is 2.74. The smallest absolute Gasteiger partial charge is 0.499 e. The topological polar surface area (TPSA) is 185 Å². The summed E-state index contributed by atoms with van der Waals surface area (Å²) in [7, 11) is -2.40. The molecule has 0 aliphatic carbocycles. The molecule has 1 aromatic rings. The van der Waals surface area contributed by atoms with Gasteiger partial charge in [0, 0.05) is 6.42 Å². The molecule has 0 bridgehead atoms. The molecule has 116 valence electrons. The van der Waals surface area contributed by atoms with Crippen molar-refractivity contribution in [3.8, 4) is 11.6 Å². The van der Waals surface area contributed by atoms with Gasteiger partial charge in [0.15, 0.2) is 5.62 Å². The number of rotatable bonds is 3. The molecule has 0 unspecified atom stereocenters. The fourth-order valence-corrected chi connectivity index (χ4v) is 2.27. The first kappa shape index (κ1) is 15.5. The molecule has 3 atom stereocenters. The highest BCUT2D eigenvalue weighted by Gasteiger charge is 2.57. The normalized spacial score (nSPS) is 28.8. The van der Waals surface area contributed by atoms with Crippen molar-refractivity contribution in [3.63, 3.8) is 0 Å². The Bertz CT molecular complexity index is 656. The van der Waals surface area contributed by atoms with E-state index in [-0.39, 0.29) is 4.57 Å². The highest BCUT2D eigenvalue weighted by molar-refractivity contribution is 6.43. The lowest BCUT2D eigenvalue weighted by Gasteiger charge is -2.30. The van der Waals surface area contributed by atoms with Gasteiger partial charge >= 0.3 is 12.8 Å². The molecule has 1 fully saturated rings. The van der Waals surface area contributed by atoms with Gasteiger partial charge in [-0.05, 0) is 0 Å². The average molecular weight is 304 g/mol. The summed E-state index contributed by atoms with van der Waals surface area (Å²) in [5.74, 6) is -2.50. The molecule has 21 heavy (non-hydrogen) atoms. The lowest BCUT2D eigenvalue weighted by Crippen LogP contribution is -2.54. The first-order chi connectivity index (χ1) is 9.74. The monoisotopic (exact) mass is 304 g/mol. The third-order valence-corrected chi connectivity index (χ3v) is 3.31. The van der Waals surface area contributed by atoms with E-state index in [0.717, 1.165) is 0 Å². The van der Waals surface area contributed by atoms with Gasteiger partial charge in [0.05, 0.1) is 12.7 Å². The van der Waals surface area contributed by atoms with Crippen LogP contribution in [0.4, 0.5) is 0 Å². The SMILES string of the molecule is O=c1[nH]c(=O)n([C@@]2(B(O)O)C[C@H](O)[C@@H](CO)O2)c(O)c1O. The Hall–Kier alpha value is -1.86. The van der Waals surface area contributed by atoms with Crippen LogP contribution in [0, 0.1) is 0 Å². The Kier molecular flexibility index (Phi) is 3.82. The second kappa shape index (κ2) is 5.16. The summed E-state index contributed by atoms with van der Waals surface area (Å²) in [6, 6.07) is 0. The number of nitrogens with one attached hydrogen (secondary N) is 1. The van der Waals surface area contributed by atoms with Gasteiger partial charge in [0.25, 0.3) is 5.56 Å². The Labute approximate surface area is 116 Å². The molecule has 2 rings (SSSR count). The molecule has 12 heteroatoms. The van der Waals surface area contributed by atoms with E-state index in [4.69, 9.17) is 9.84 Å². The molecular formula is C9H13BN2O9. The Morgan fingerprint density at radius 3 is 2.48 bits per heavy atom. The zero-order valence-corrected chi connectivity index (χ0v) is 10.5. The van der Waals surface area contributed by atoms with E-state index in [1.165, 1.54) is 0 Å². The second-order valence-corrected chi connectivity index (χ2v) is 4.60. The summed E-state index contributed by atoms with van der Waals surface area (Å²) in [6.45, 7) is -0.694. The van der Waals surface area contributed by atoms with Crippen LogP contribution < -0.4 is 11.2 Å². The number of aromatic amines is 1. The van der Waals surface area contributed by atoms with Crippen LogP contribution in [0.3, 0.4) is 0 Å². The van der Waals surface area contributed by atoms with Gasteiger partial charge in [-0.2, -0.15) is 0 Å². The number of aliphatic hydroxyl groups is 2. The first-order valence-electron chi connectivity index (χ1n) is 5.85. The molecule has 1 aromatic heterocycles. The molecule has 1 aliphatic heterocycles. The molecule has 0 amide bonds. The molecule has 0 aromatic carbocycles. The molecule has 2 heterocycles. The Morgan fingerprint density at radius 1 is 1.38 bits per heavy atom. The minimum atomic E-state index is -2.40. The Balaban J connectivity index is 2.70. The minimum absolute atomic E-state index is 0.202. The number of aromatic hydroxyl groups is 2. The van der Waals surface area contributed by atoms with Crippen LogP contribution in [0.15, 0.2) is 9.59 Å². The maximum atomic E-state index is 11.8. The van der Waals surface area contributed by atoms with Crippen molar-refractivity contribution in [1.82, 2.24) is 9.55 Å². The van der Waals surface area contributed by atoms with E-state index in [9.17, 15) is 35.0 Å². The van der Waals surface area contributed by atoms with Crippen molar-refractivity contribution in [2.75, 3.05) is 6.61 Å². The molecular weight excluding hydrogens is 291 g/mol. The molecule has 0 spiro atoms. The van der Waals surface area contributed by atoms with E-state index < -0.39 is 60.9 Å². The summed E-state index contributed by atoms with van der Waals surface area (Å²) < 4.78 is 5.29. The summed E-state index contributed by atoms with van der Waals surface area (Å²) in [6.07, 6.45) is -3.22. The van der Waals surface area contributed by atoms with Crippen LogP contribution in [0.1, 0.15) is 6.42 Å².